The number of carbonyl (C=O) groups excluding carboxylic acids is 1. The maximum Gasteiger partial charge on any atom is 0.233 e. The second kappa shape index (κ2) is 5.73. The summed E-state index contributed by atoms with van der Waals surface area (Å²) in [7, 11) is 1.80. The first kappa shape index (κ1) is 15.0. The molecule has 114 valence electrons. The zero-order valence-electron chi connectivity index (χ0n) is 12.4. The van der Waals surface area contributed by atoms with Crippen LogP contribution < -0.4 is 0 Å². The molecule has 0 radical (unpaired) electrons. The van der Waals surface area contributed by atoms with Crippen LogP contribution in [0.3, 0.4) is 0 Å². The molecule has 0 aromatic heterocycles. The third-order valence-electron chi connectivity index (χ3n) is 4.21. The van der Waals surface area contributed by atoms with Crippen molar-refractivity contribution in [3.05, 3.63) is 70.5 Å². The molecule has 1 amide bonds. The van der Waals surface area contributed by atoms with Gasteiger partial charge < -0.3 is 4.90 Å². The maximum absolute atomic E-state index is 13.1. The fourth-order valence-corrected chi connectivity index (χ4v) is 3.08. The summed E-state index contributed by atoms with van der Waals surface area (Å²) >= 11 is 5.98. The molecule has 1 saturated carbocycles. The number of hydrogen-bond donors (Lipinski definition) is 0. The highest BCUT2D eigenvalue weighted by Gasteiger charge is 2.52. The fourth-order valence-electron chi connectivity index (χ4n) is 2.87. The van der Waals surface area contributed by atoms with Crippen molar-refractivity contribution in [3.63, 3.8) is 0 Å². The molecule has 0 atom stereocenters. The second-order valence-electron chi connectivity index (χ2n) is 5.88. The summed E-state index contributed by atoms with van der Waals surface area (Å²) in [5, 5.41) is 0.665. The minimum Gasteiger partial charge on any atom is -0.341 e. The number of likely N-dealkylation sites (N-methyl/N-ethyl adjacent to an activating group) is 1. The lowest BCUT2D eigenvalue weighted by molar-refractivity contribution is -0.133. The van der Waals surface area contributed by atoms with Gasteiger partial charge in [-0.1, -0.05) is 35.9 Å². The summed E-state index contributed by atoms with van der Waals surface area (Å²) in [4.78, 5) is 14.5. The van der Waals surface area contributed by atoms with Gasteiger partial charge in [0.2, 0.25) is 5.91 Å². The summed E-state index contributed by atoms with van der Waals surface area (Å²) in [5.41, 5.74) is 1.43. The third-order valence-corrected chi connectivity index (χ3v) is 4.45. The van der Waals surface area contributed by atoms with E-state index in [2.05, 4.69) is 0 Å². The van der Waals surface area contributed by atoms with Crippen LogP contribution in [0, 0.1) is 5.82 Å². The number of amides is 1. The van der Waals surface area contributed by atoms with Gasteiger partial charge in [0.05, 0.1) is 5.41 Å². The smallest absolute Gasteiger partial charge is 0.233 e. The van der Waals surface area contributed by atoms with Crippen molar-refractivity contribution in [2.45, 2.75) is 24.8 Å². The van der Waals surface area contributed by atoms with Crippen LogP contribution in [0.1, 0.15) is 24.0 Å². The Morgan fingerprint density at radius 1 is 1.23 bits per heavy atom. The molecule has 2 aromatic carbocycles. The SMILES string of the molecule is CN(Cc1cccc(Cl)c1)C(=O)C1(c2ccc(F)cc2)CC1. The lowest BCUT2D eigenvalue weighted by Crippen LogP contribution is -2.36. The summed E-state index contributed by atoms with van der Waals surface area (Å²) in [6.07, 6.45) is 1.63. The molecule has 22 heavy (non-hydrogen) atoms. The number of rotatable bonds is 4. The fraction of sp³-hybridized carbons (Fsp3) is 0.278. The first-order chi connectivity index (χ1) is 10.5. The van der Waals surface area contributed by atoms with Gasteiger partial charge >= 0.3 is 0 Å². The van der Waals surface area contributed by atoms with Gasteiger partial charge in [0.1, 0.15) is 5.82 Å². The highest BCUT2D eigenvalue weighted by molar-refractivity contribution is 6.30. The number of hydrogen-bond acceptors (Lipinski definition) is 1. The van der Waals surface area contributed by atoms with E-state index >= 15 is 0 Å². The van der Waals surface area contributed by atoms with Gasteiger partial charge in [-0.15, -0.1) is 0 Å². The molecule has 0 unspecified atom stereocenters. The Kier molecular flexibility index (Phi) is 3.92. The molecule has 3 rings (SSSR count). The van der Waals surface area contributed by atoms with E-state index in [0.29, 0.717) is 11.6 Å². The van der Waals surface area contributed by atoms with Gasteiger partial charge in [-0.05, 0) is 48.2 Å². The minimum absolute atomic E-state index is 0.0825. The molecular formula is C18H17ClFNO. The number of carbonyl (C=O) groups is 1. The molecule has 0 bridgehead atoms. The van der Waals surface area contributed by atoms with Crippen LogP contribution in [0.4, 0.5) is 4.39 Å². The molecule has 1 fully saturated rings. The van der Waals surface area contributed by atoms with E-state index in [1.807, 2.05) is 24.3 Å². The van der Waals surface area contributed by atoms with Crippen molar-refractivity contribution in [2.24, 2.45) is 0 Å². The van der Waals surface area contributed by atoms with Crippen LogP contribution in [-0.4, -0.2) is 17.9 Å². The van der Waals surface area contributed by atoms with E-state index in [1.165, 1.54) is 12.1 Å². The quantitative estimate of drug-likeness (QED) is 0.829. The predicted molar refractivity (Wildman–Crippen MR) is 85.2 cm³/mol. The van der Waals surface area contributed by atoms with E-state index in [1.54, 1.807) is 24.1 Å². The Morgan fingerprint density at radius 2 is 1.91 bits per heavy atom. The lowest BCUT2D eigenvalue weighted by Gasteiger charge is -2.24. The van der Waals surface area contributed by atoms with Gasteiger partial charge in [0.15, 0.2) is 0 Å². The maximum atomic E-state index is 13.1. The van der Waals surface area contributed by atoms with Crippen molar-refractivity contribution in [1.29, 1.82) is 0 Å². The standard InChI is InChI=1S/C18H17ClFNO/c1-21(12-13-3-2-4-15(19)11-13)17(22)18(9-10-18)14-5-7-16(20)8-6-14/h2-8,11H,9-10,12H2,1H3. The van der Waals surface area contributed by atoms with Crippen LogP contribution in [0.2, 0.25) is 5.02 Å². The van der Waals surface area contributed by atoms with Crippen molar-refractivity contribution in [1.82, 2.24) is 4.90 Å². The molecule has 0 spiro atoms. The topological polar surface area (TPSA) is 20.3 Å². The molecule has 1 aliphatic rings. The highest BCUT2D eigenvalue weighted by atomic mass is 35.5. The lowest BCUT2D eigenvalue weighted by atomic mass is 9.94. The average molecular weight is 318 g/mol. The average Bonchev–Trinajstić information content (AvgIpc) is 3.29. The van der Waals surface area contributed by atoms with Crippen molar-refractivity contribution in [2.75, 3.05) is 7.05 Å². The molecule has 0 N–H and O–H groups in total. The van der Waals surface area contributed by atoms with E-state index < -0.39 is 5.41 Å². The second-order valence-corrected chi connectivity index (χ2v) is 6.32. The molecule has 0 heterocycles. The summed E-state index contributed by atoms with van der Waals surface area (Å²) in [5.74, 6) is -0.196. The Bertz CT molecular complexity index is 694. The Morgan fingerprint density at radius 3 is 2.50 bits per heavy atom. The number of halogens is 2. The van der Waals surface area contributed by atoms with Gasteiger partial charge in [-0.3, -0.25) is 4.79 Å². The molecule has 2 nitrogen and oxygen atoms in total. The van der Waals surface area contributed by atoms with E-state index in [4.69, 9.17) is 11.6 Å². The van der Waals surface area contributed by atoms with Gasteiger partial charge in [-0.2, -0.15) is 0 Å². The molecule has 2 aromatic rings. The van der Waals surface area contributed by atoms with Crippen molar-refractivity contribution < 1.29 is 9.18 Å². The summed E-state index contributed by atoms with van der Waals surface area (Å²) in [6.45, 7) is 0.516. The Balaban J connectivity index is 1.77. The van der Waals surface area contributed by atoms with E-state index in [0.717, 1.165) is 24.0 Å². The zero-order chi connectivity index (χ0) is 15.7. The predicted octanol–water partition coefficient (Wildman–Crippen LogP) is 4.17. The first-order valence-electron chi connectivity index (χ1n) is 7.27. The summed E-state index contributed by atoms with van der Waals surface area (Å²) in [6, 6.07) is 13.8. The normalized spacial score (nSPS) is 15.4. The van der Waals surface area contributed by atoms with Crippen LogP contribution in [-0.2, 0) is 16.8 Å². The van der Waals surface area contributed by atoms with Crippen LogP contribution in [0.5, 0.6) is 0 Å². The molecule has 1 aliphatic carbocycles. The third kappa shape index (κ3) is 2.86. The molecule has 4 heteroatoms. The molecular weight excluding hydrogens is 301 g/mol. The van der Waals surface area contributed by atoms with Crippen molar-refractivity contribution in [3.8, 4) is 0 Å². The number of benzene rings is 2. The number of nitrogens with zero attached hydrogens (tertiary/aromatic N) is 1. The Hall–Kier alpha value is -1.87. The Labute approximate surface area is 134 Å². The van der Waals surface area contributed by atoms with Gasteiger partial charge in [-0.25, -0.2) is 4.39 Å². The van der Waals surface area contributed by atoms with Crippen molar-refractivity contribution >= 4 is 17.5 Å². The van der Waals surface area contributed by atoms with Crippen LogP contribution in [0.25, 0.3) is 0 Å². The van der Waals surface area contributed by atoms with E-state index in [9.17, 15) is 9.18 Å². The minimum atomic E-state index is -0.471. The largest absolute Gasteiger partial charge is 0.341 e. The molecule has 0 saturated heterocycles. The van der Waals surface area contributed by atoms with E-state index in [-0.39, 0.29) is 11.7 Å². The highest BCUT2D eigenvalue weighted by Crippen LogP contribution is 2.49. The summed E-state index contributed by atoms with van der Waals surface area (Å²) < 4.78 is 13.1. The van der Waals surface area contributed by atoms with Crippen LogP contribution in [0.15, 0.2) is 48.5 Å². The van der Waals surface area contributed by atoms with Gasteiger partial charge in [0.25, 0.3) is 0 Å². The molecule has 0 aliphatic heterocycles. The van der Waals surface area contributed by atoms with Gasteiger partial charge in [0, 0.05) is 18.6 Å². The first-order valence-corrected chi connectivity index (χ1v) is 7.65. The zero-order valence-corrected chi connectivity index (χ0v) is 13.1. The monoisotopic (exact) mass is 317 g/mol. The van der Waals surface area contributed by atoms with Crippen LogP contribution >= 0.6 is 11.6 Å².